The van der Waals surface area contributed by atoms with Gasteiger partial charge in [0, 0.05) is 12.6 Å². The van der Waals surface area contributed by atoms with Crippen molar-refractivity contribution in [3.8, 4) is 0 Å². The zero-order chi connectivity index (χ0) is 11.5. The smallest absolute Gasteiger partial charge is 0.312 e. The number of ether oxygens (including phenoxy) is 1. The van der Waals surface area contributed by atoms with E-state index in [1.165, 1.54) is 7.11 Å². The minimum atomic E-state index is -0.420. The van der Waals surface area contributed by atoms with E-state index in [2.05, 4.69) is 4.90 Å². The van der Waals surface area contributed by atoms with Crippen LogP contribution in [0.3, 0.4) is 0 Å². The molecule has 0 aromatic rings. The van der Waals surface area contributed by atoms with Gasteiger partial charge in [0.25, 0.3) is 0 Å². The Morgan fingerprint density at radius 1 is 1.44 bits per heavy atom. The molecule has 0 aromatic heterocycles. The molecule has 0 saturated carbocycles. The summed E-state index contributed by atoms with van der Waals surface area (Å²) in [6.45, 7) is 6.58. The SMILES string of the molecule is COC(=O)C(C)(C)CN1CCC(N)CC1.Cl. The highest BCUT2D eigenvalue weighted by Gasteiger charge is 2.32. The highest BCUT2D eigenvalue weighted by atomic mass is 35.5. The number of hydrogen-bond acceptors (Lipinski definition) is 4. The van der Waals surface area contributed by atoms with Crippen LogP contribution < -0.4 is 5.73 Å². The summed E-state index contributed by atoms with van der Waals surface area (Å²) in [6.07, 6.45) is 2.05. The van der Waals surface area contributed by atoms with E-state index in [1.54, 1.807) is 0 Å². The van der Waals surface area contributed by atoms with Gasteiger partial charge in [0.15, 0.2) is 0 Å². The number of methoxy groups -OCH3 is 1. The van der Waals surface area contributed by atoms with E-state index in [1.807, 2.05) is 13.8 Å². The van der Waals surface area contributed by atoms with Gasteiger partial charge in [-0.25, -0.2) is 0 Å². The van der Waals surface area contributed by atoms with Crippen LogP contribution in [-0.2, 0) is 9.53 Å². The zero-order valence-corrected chi connectivity index (χ0v) is 11.2. The molecule has 0 atom stereocenters. The number of hydrogen-bond donors (Lipinski definition) is 1. The van der Waals surface area contributed by atoms with Gasteiger partial charge < -0.3 is 15.4 Å². The van der Waals surface area contributed by atoms with Crippen LogP contribution in [0, 0.1) is 5.41 Å². The number of piperidine rings is 1. The molecule has 1 aliphatic heterocycles. The highest BCUT2D eigenvalue weighted by molar-refractivity contribution is 5.85. The quantitative estimate of drug-likeness (QED) is 0.761. The third-order valence-electron chi connectivity index (χ3n) is 2.99. The van der Waals surface area contributed by atoms with Crippen molar-refractivity contribution in [1.29, 1.82) is 0 Å². The minimum Gasteiger partial charge on any atom is -0.469 e. The molecule has 0 amide bonds. The number of carbonyl (C=O) groups is 1. The van der Waals surface area contributed by atoms with Crippen LogP contribution in [0.1, 0.15) is 26.7 Å². The van der Waals surface area contributed by atoms with Crippen LogP contribution in [0.25, 0.3) is 0 Å². The maximum atomic E-state index is 11.5. The Hall–Kier alpha value is -0.320. The Labute approximate surface area is 104 Å². The topological polar surface area (TPSA) is 55.6 Å². The molecule has 1 fully saturated rings. The van der Waals surface area contributed by atoms with E-state index in [0.29, 0.717) is 6.04 Å². The predicted octanol–water partition coefficient (Wildman–Crippen LogP) is 1.03. The third-order valence-corrected chi connectivity index (χ3v) is 2.99. The normalized spacial score (nSPS) is 19.0. The first-order valence-electron chi connectivity index (χ1n) is 5.52. The molecule has 1 aliphatic rings. The molecular weight excluding hydrogens is 228 g/mol. The maximum absolute atomic E-state index is 11.5. The highest BCUT2D eigenvalue weighted by Crippen LogP contribution is 2.21. The molecule has 0 unspecified atom stereocenters. The zero-order valence-electron chi connectivity index (χ0n) is 10.4. The van der Waals surface area contributed by atoms with Gasteiger partial charge in [0.2, 0.25) is 0 Å². The molecule has 5 heteroatoms. The Kier molecular flexibility index (Phi) is 6.30. The van der Waals surface area contributed by atoms with Gasteiger partial charge in [0.1, 0.15) is 0 Å². The van der Waals surface area contributed by atoms with E-state index in [9.17, 15) is 4.79 Å². The summed E-state index contributed by atoms with van der Waals surface area (Å²) in [6, 6.07) is 0.336. The number of carbonyl (C=O) groups excluding carboxylic acids is 1. The van der Waals surface area contributed by atoms with Crippen LogP contribution in [-0.4, -0.2) is 43.7 Å². The van der Waals surface area contributed by atoms with E-state index < -0.39 is 5.41 Å². The molecule has 0 aromatic carbocycles. The van der Waals surface area contributed by atoms with Gasteiger partial charge in [-0.15, -0.1) is 12.4 Å². The maximum Gasteiger partial charge on any atom is 0.312 e. The second-order valence-corrected chi connectivity index (χ2v) is 4.99. The summed E-state index contributed by atoms with van der Waals surface area (Å²) >= 11 is 0. The van der Waals surface area contributed by atoms with Crippen molar-refractivity contribution in [2.45, 2.75) is 32.7 Å². The van der Waals surface area contributed by atoms with Gasteiger partial charge in [-0.3, -0.25) is 4.79 Å². The summed E-state index contributed by atoms with van der Waals surface area (Å²) in [5.74, 6) is -0.141. The monoisotopic (exact) mass is 250 g/mol. The molecule has 1 saturated heterocycles. The Balaban J connectivity index is 0.00000225. The van der Waals surface area contributed by atoms with Gasteiger partial charge in [-0.05, 0) is 39.8 Å². The molecule has 4 nitrogen and oxygen atoms in total. The number of esters is 1. The lowest BCUT2D eigenvalue weighted by Crippen LogP contribution is -2.46. The third kappa shape index (κ3) is 4.28. The lowest BCUT2D eigenvalue weighted by atomic mass is 9.91. The van der Waals surface area contributed by atoms with Crippen molar-refractivity contribution in [2.24, 2.45) is 11.1 Å². The summed E-state index contributed by atoms with van der Waals surface area (Å²) in [7, 11) is 1.44. The van der Waals surface area contributed by atoms with E-state index >= 15 is 0 Å². The molecule has 0 aliphatic carbocycles. The number of likely N-dealkylation sites (tertiary alicyclic amines) is 1. The molecule has 0 radical (unpaired) electrons. The molecule has 2 N–H and O–H groups in total. The molecule has 0 bridgehead atoms. The van der Waals surface area contributed by atoms with Gasteiger partial charge in [0.05, 0.1) is 12.5 Å². The average Bonchev–Trinajstić information content (AvgIpc) is 2.20. The van der Waals surface area contributed by atoms with Crippen molar-refractivity contribution in [3.63, 3.8) is 0 Å². The van der Waals surface area contributed by atoms with Crippen molar-refractivity contribution in [2.75, 3.05) is 26.7 Å². The summed E-state index contributed by atoms with van der Waals surface area (Å²) in [5, 5.41) is 0. The van der Waals surface area contributed by atoms with Crippen molar-refractivity contribution >= 4 is 18.4 Å². The summed E-state index contributed by atoms with van der Waals surface area (Å²) in [4.78, 5) is 13.8. The molecule has 1 heterocycles. The lowest BCUT2D eigenvalue weighted by Gasteiger charge is -2.35. The molecule has 1 rings (SSSR count). The number of rotatable bonds is 3. The summed E-state index contributed by atoms with van der Waals surface area (Å²) in [5.41, 5.74) is 5.41. The lowest BCUT2D eigenvalue weighted by molar-refractivity contribution is -0.152. The number of nitrogens with zero attached hydrogens (tertiary/aromatic N) is 1. The first kappa shape index (κ1) is 15.7. The molecular formula is C11H23ClN2O2. The van der Waals surface area contributed by atoms with Crippen LogP contribution in [0.15, 0.2) is 0 Å². The van der Waals surface area contributed by atoms with Crippen LogP contribution >= 0.6 is 12.4 Å². The fraction of sp³-hybridized carbons (Fsp3) is 0.909. The Morgan fingerprint density at radius 2 is 1.94 bits per heavy atom. The number of nitrogens with two attached hydrogens (primary N) is 1. The standard InChI is InChI=1S/C11H22N2O2.ClH/c1-11(2,10(14)15-3)8-13-6-4-9(12)5-7-13;/h9H,4-8,12H2,1-3H3;1H. The fourth-order valence-corrected chi connectivity index (χ4v) is 2.01. The average molecular weight is 251 g/mol. The second-order valence-electron chi connectivity index (χ2n) is 4.99. The van der Waals surface area contributed by atoms with E-state index in [0.717, 1.165) is 32.5 Å². The van der Waals surface area contributed by atoms with Crippen LogP contribution in [0.4, 0.5) is 0 Å². The minimum absolute atomic E-state index is 0. The van der Waals surface area contributed by atoms with Gasteiger partial charge >= 0.3 is 5.97 Å². The van der Waals surface area contributed by atoms with E-state index in [-0.39, 0.29) is 18.4 Å². The largest absolute Gasteiger partial charge is 0.469 e. The predicted molar refractivity (Wildman–Crippen MR) is 66.7 cm³/mol. The van der Waals surface area contributed by atoms with Gasteiger partial charge in [-0.1, -0.05) is 0 Å². The van der Waals surface area contributed by atoms with E-state index in [4.69, 9.17) is 10.5 Å². The molecule has 0 spiro atoms. The Morgan fingerprint density at radius 3 is 2.38 bits per heavy atom. The van der Waals surface area contributed by atoms with Crippen LogP contribution in [0.2, 0.25) is 0 Å². The summed E-state index contributed by atoms with van der Waals surface area (Å²) < 4.78 is 4.79. The first-order chi connectivity index (χ1) is 6.95. The van der Waals surface area contributed by atoms with Gasteiger partial charge in [-0.2, -0.15) is 0 Å². The molecule has 96 valence electrons. The second kappa shape index (κ2) is 6.42. The Bertz CT molecular complexity index is 226. The number of halogens is 1. The molecule has 16 heavy (non-hydrogen) atoms. The van der Waals surface area contributed by atoms with Crippen molar-refractivity contribution < 1.29 is 9.53 Å². The fourth-order valence-electron chi connectivity index (χ4n) is 2.01. The van der Waals surface area contributed by atoms with Crippen molar-refractivity contribution in [3.05, 3.63) is 0 Å². The first-order valence-corrected chi connectivity index (χ1v) is 5.52. The van der Waals surface area contributed by atoms with Crippen molar-refractivity contribution in [1.82, 2.24) is 4.90 Å². The van der Waals surface area contributed by atoms with Crippen LogP contribution in [0.5, 0.6) is 0 Å².